The topological polar surface area (TPSA) is 63.3 Å². The van der Waals surface area contributed by atoms with Crippen LogP contribution in [0.4, 0.5) is 0 Å². The molecule has 4 fully saturated rings. The maximum absolute atomic E-state index is 11.2. The normalized spacial score (nSPS) is 44.9. The van der Waals surface area contributed by atoms with E-state index in [9.17, 15) is 9.90 Å². The van der Waals surface area contributed by atoms with E-state index in [2.05, 4.69) is 0 Å². The number of rotatable bonds is 4. The van der Waals surface area contributed by atoms with Crippen LogP contribution in [0.25, 0.3) is 0 Å². The first-order chi connectivity index (χ1) is 8.10. The molecule has 4 saturated carbocycles. The monoisotopic (exact) mass is 255 g/mol. The van der Waals surface area contributed by atoms with Gasteiger partial charge in [0.25, 0.3) is 0 Å². The molecule has 0 aromatic carbocycles. The number of carboxylic acids is 1. The van der Waals surface area contributed by atoms with Gasteiger partial charge in [-0.15, -0.1) is 11.8 Å². The second-order valence-corrected chi connectivity index (χ2v) is 7.95. The van der Waals surface area contributed by atoms with Crippen LogP contribution in [0, 0.1) is 17.8 Å². The van der Waals surface area contributed by atoms with Gasteiger partial charge in [-0.3, -0.25) is 4.79 Å². The third-order valence-electron chi connectivity index (χ3n) is 4.86. The Labute approximate surface area is 107 Å². The van der Waals surface area contributed by atoms with E-state index in [-0.39, 0.29) is 11.3 Å². The summed E-state index contributed by atoms with van der Waals surface area (Å²) < 4.78 is 0.261. The molecule has 4 rings (SSSR count). The first kappa shape index (κ1) is 11.8. The van der Waals surface area contributed by atoms with Crippen molar-refractivity contribution in [3.63, 3.8) is 0 Å². The smallest absolute Gasteiger partial charge is 0.317 e. The van der Waals surface area contributed by atoms with E-state index in [0.29, 0.717) is 0 Å². The van der Waals surface area contributed by atoms with Crippen molar-refractivity contribution in [3.05, 3.63) is 0 Å². The molecule has 0 heterocycles. The van der Waals surface area contributed by atoms with Gasteiger partial charge in [0.05, 0.1) is 0 Å². The van der Waals surface area contributed by atoms with Crippen molar-refractivity contribution in [2.45, 2.75) is 48.5 Å². The van der Waals surface area contributed by atoms with E-state index >= 15 is 0 Å². The Morgan fingerprint density at radius 1 is 1.24 bits per heavy atom. The zero-order chi connectivity index (χ0) is 12.0. The van der Waals surface area contributed by atoms with Crippen molar-refractivity contribution in [2.75, 3.05) is 6.54 Å². The number of nitrogens with two attached hydrogens (primary N) is 1. The van der Waals surface area contributed by atoms with Crippen LogP contribution in [0.1, 0.15) is 38.5 Å². The van der Waals surface area contributed by atoms with Crippen LogP contribution in [0.15, 0.2) is 0 Å². The van der Waals surface area contributed by atoms with Crippen LogP contribution < -0.4 is 5.73 Å². The lowest BCUT2D eigenvalue weighted by atomic mass is 9.56. The van der Waals surface area contributed by atoms with Gasteiger partial charge >= 0.3 is 5.97 Å². The number of hydrogen-bond donors (Lipinski definition) is 2. The van der Waals surface area contributed by atoms with Gasteiger partial charge in [-0.1, -0.05) is 0 Å². The molecule has 4 aliphatic rings. The van der Waals surface area contributed by atoms with E-state index < -0.39 is 11.2 Å². The zero-order valence-corrected chi connectivity index (χ0v) is 10.9. The van der Waals surface area contributed by atoms with E-state index in [4.69, 9.17) is 5.73 Å². The summed E-state index contributed by atoms with van der Waals surface area (Å²) in [6.45, 7) is 0.266. The Balaban J connectivity index is 1.75. The molecule has 0 aromatic heterocycles. The van der Waals surface area contributed by atoms with Crippen LogP contribution in [-0.2, 0) is 4.79 Å². The quantitative estimate of drug-likeness (QED) is 0.807. The molecule has 0 spiro atoms. The molecule has 4 bridgehead atoms. The molecule has 0 aromatic rings. The van der Waals surface area contributed by atoms with Gasteiger partial charge < -0.3 is 10.8 Å². The summed E-state index contributed by atoms with van der Waals surface area (Å²) in [6, 6.07) is 0. The molecule has 0 aliphatic heterocycles. The standard InChI is InChI=1S/C13H21NO2S/c14-7-11(12(15)16)17-13-4-8-1-9(5-13)3-10(2-8)6-13/h8-11H,1-7,14H2,(H,15,16). The Bertz CT molecular complexity index is 296. The van der Waals surface area contributed by atoms with Crippen molar-refractivity contribution in [3.8, 4) is 0 Å². The Morgan fingerprint density at radius 3 is 2.06 bits per heavy atom. The summed E-state index contributed by atoms with van der Waals surface area (Å²) in [5.41, 5.74) is 5.60. The minimum absolute atomic E-state index is 0.261. The lowest BCUT2D eigenvalue weighted by molar-refractivity contribution is -0.136. The van der Waals surface area contributed by atoms with Crippen molar-refractivity contribution in [1.29, 1.82) is 0 Å². The molecule has 1 atom stereocenters. The molecule has 17 heavy (non-hydrogen) atoms. The molecule has 0 saturated heterocycles. The molecular weight excluding hydrogens is 234 g/mol. The minimum Gasteiger partial charge on any atom is -0.480 e. The predicted molar refractivity (Wildman–Crippen MR) is 69.0 cm³/mol. The number of aliphatic carboxylic acids is 1. The van der Waals surface area contributed by atoms with Gasteiger partial charge in [-0.25, -0.2) is 0 Å². The molecule has 0 amide bonds. The molecular formula is C13H21NO2S. The molecule has 4 heteroatoms. The lowest BCUT2D eigenvalue weighted by Crippen LogP contribution is -2.50. The second-order valence-electron chi connectivity index (χ2n) is 6.28. The van der Waals surface area contributed by atoms with Gasteiger partial charge in [0, 0.05) is 11.3 Å². The van der Waals surface area contributed by atoms with Crippen LogP contribution in [0.5, 0.6) is 0 Å². The molecule has 4 aliphatic carbocycles. The Kier molecular flexibility index (Phi) is 2.90. The van der Waals surface area contributed by atoms with Crippen LogP contribution in [-0.4, -0.2) is 27.6 Å². The van der Waals surface area contributed by atoms with E-state index in [1.165, 1.54) is 38.5 Å². The minimum atomic E-state index is -0.728. The van der Waals surface area contributed by atoms with Crippen LogP contribution >= 0.6 is 11.8 Å². The average molecular weight is 255 g/mol. The molecule has 96 valence electrons. The lowest BCUT2D eigenvalue weighted by Gasteiger charge is -2.56. The SMILES string of the molecule is NCC(SC12CC3CC(CC(C3)C1)C2)C(=O)O. The fraction of sp³-hybridized carbons (Fsp3) is 0.923. The summed E-state index contributed by atoms with van der Waals surface area (Å²) in [7, 11) is 0. The Hall–Kier alpha value is -0.220. The fourth-order valence-electron chi connectivity index (χ4n) is 4.68. The number of thioether (sulfide) groups is 1. The van der Waals surface area contributed by atoms with Gasteiger partial charge in [0.1, 0.15) is 5.25 Å². The molecule has 3 nitrogen and oxygen atoms in total. The third-order valence-corrected chi connectivity index (χ3v) is 6.54. The van der Waals surface area contributed by atoms with Gasteiger partial charge in [0.2, 0.25) is 0 Å². The summed E-state index contributed by atoms with van der Waals surface area (Å²) in [4.78, 5) is 11.2. The average Bonchev–Trinajstić information content (AvgIpc) is 2.23. The van der Waals surface area contributed by atoms with Gasteiger partial charge in [-0.05, 0) is 56.3 Å². The fourth-order valence-corrected chi connectivity index (χ4v) is 6.47. The van der Waals surface area contributed by atoms with Gasteiger partial charge in [0.15, 0.2) is 0 Å². The maximum Gasteiger partial charge on any atom is 0.317 e. The highest BCUT2D eigenvalue weighted by atomic mass is 32.2. The zero-order valence-electron chi connectivity index (χ0n) is 10.1. The highest BCUT2D eigenvalue weighted by Crippen LogP contribution is 2.61. The number of carbonyl (C=O) groups is 1. The van der Waals surface area contributed by atoms with Gasteiger partial charge in [-0.2, -0.15) is 0 Å². The van der Waals surface area contributed by atoms with Crippen LogP contribution in [0.3, 0.4) is 0 Å². The molecule has 1 unspecified atom stereocenters. The summed E-state index contributed by atoms with van der Waals surface area (Å²) in [5, 5.41) is 8.78. The van der Waals surface area contributed by atoms with Crippen LogP contribution in [0.2, 0.25) is 0 Å². The third kappa shape index (κ3) is 2.10. The Morgan fingerprint density at radius 2 is 1.71 bits per heavy atom. The van der Waals surface area contributed by atoms with E-state index in [0.717, 1.165) is 17.8 Å². The van der Waals surface area contributed by atoms with Crippen molar-refractivity contribution >= 4 is 17.7 Å². The van der Waals surface area contributed by atoms with E-state index in [1.807, 2.05) is 0 Å². The largest absolute Gasteiger partial charge is 0.480 e. The van der Waals surface area contributed by atoms with Crippen molar-refractivity contribution in [2.24, 2.45) is 23.5 Å². The number of carboxylic acid groups (broad SMARTS) is 1. The van der Waals surface area contributed by atoms with E-state index in [1.54, 1.807) is 11.8 Å². The first-order valence-electron chi connectivity index (χ1n) is 6.71. The molecule has 0 radical (unpaired) electrons. The molecule has 3 N–H and O–H groups in total. The maximum atomic E-state index is 11.2. The highest BCUT2D eigenvalue weighted by molar-refractivity contribution is 8.02. The number of hydrogen-bond acceptors (Lipinski definition) is 3. The summed E-state index contributed by atoms with van der Waals surface area (Å²) in [5.74, 6) is 1.90. The summed E-state index contributed by atoms with van der Waals surface area (Å²) in [6.07, 6.45) is 7.94. The second kappa shape index (κ2) is 4.16. The predicted octanol–water partition coefficient (Wildman–Crippen LogP) is 2.10. The highest BCUT2D eigenvalue weighted by Gasteiger charge is 2.52. The van der Waals surface area contributed by atoms with Crippen molar-refractivity contribution in [1.82, 2.24) is 0 Å². The van der Waals surface area contributed by atoms with Crippen molar-refractivity contribution < 1.29 is 9.90 Å². The first-order valence-corrected chi connectivity index (χ1v) is 7.59. The summed E-state index contributed by atoms with van der Waals surface area (Å²) >= 11 is 1.69.